The SMILES string of the molecule is CCN/C(C)=C\C(=O)CC. The van der Waals surface area contributed by atoms with Gasteiger partial charge in [0.2, 0.25) is 0 Å². The summed E-state index contributed by atoms with van der Waals surface area (Å²) < 4.78 is 0. The van der Waals surface area contributed by atoms with Gasteiger partial charge in [-0.2, -0.15) is 0 Å². The van der Waals surface area contributed by atoms with Crippen LogP contribution < -0.4 is 5.32 Å². The monoisotopic (exact) mass is 141 g/mol. The van der Waals surface area contributed by atoms with Gasteiger partial charge in [0.1, 0.15) is 0 Å². The van der Waals surface area contributed by atoms with Crippen molar-refractivity contribution in [3.05, 3.63) is 11.8 Å². The van der Waals surface area contributed by atoms with E-state index in [0.29, 0.717) is 6.42 Å². The van der Waals surface area contributed by atoms with E-state index in [4.69, 9.17) is 0 Å². The van der Waals surface area contributed by atoms with Gasteiger partial charge in [0.05, 0.1) is 0 Å². The molecule has 2 nitrogen and oxygen atoms in total. The molecule has 0 spiro atoms. The number of allylic oxidation sites excluding steroid dienone is 2. The van der Waals surface area contributed by atoms with Crippen LogP contribution in [0, 0.1) is 0 Å². The quantitative estimate of drug-likeness (QED) is 0.601. The molecule has 0 rings (SSSR count). The normalized spacial score (nSPS) is 11.3. The van der Waals surface area contributed by atoms with Gasteiger partial charge < -0.3 is 5.32 Å². The molecule has 2 heteroatoms. The summed E-state index contributed by atoms with van der Waals surface area (Å²) in [5.74, 6) is 0.179. The molecule has 0 aliphatic rings. The van der Waals surface area contributed by atoms with Crippen LogP contribution >= 0.6 is 0 Å². The second kappa shape index (κ2) is 5.03. The zero-order valence-corrected chi connectivity index (χ0v) is 6.90. The van der Waals surface area contributed by atoms with Crippen LogP contribution in [0.4, 0.5) is 0 Å². The Bertz CT molecular complexity index is 138. The molecule has 0 saturated heterocycles. The highest BCUT2D eigenvalue weighted by Crippen LogP contribution is 1.89. The van der Waals surface area contributed by atoms with E-state index in [9.17, 15) is 4.79 Å². The molecule has 0 unspecified atom stereocenters. The van der Waals surface area contributed by atoms with Gasteiger partial charge in [-0.25, -0.2) is 0 Å². The molecule has 0 radical (unpaired) electrons. The summed E-state index contributed by atoms with van der Waals surface area (Å²) in [4.78, 5) is 10.8. The average Bonchev–Trinajstić information content (AvgIpc) is 1.88. The third kappa shape index (κ3) is 4.13. The highest BCUT2D eigenvalue weighted by molar-refractivity contribution is 5.89. The second-order valence-electron chi connectivity index (χ2n) is 2.18. The molecule has 0 bridgehead atoms. The first-order valence-corrected chi connectivity index (χ1v) is 3.65. The average molecular weight is 141 g/mol. The maximum atomic E-state index is 10.8. The van der Waals surface area contributed by atoms with Crippen LogP contribution in [0.15, 0.2) is 11.8 Å². The van der Waals surface area contributed by atoms with Crippen molar-refractivity contribution in [2.24, 2.45) is 0 Å². The lowest BCUT2D eigenvalue weighted by molar-refractivity contribution is -0.114. The largest absolute Gasteiger partial charge is 0.389 e. The van der Waals surface area contributed by atoms with Crippen LogP contribution in [0.2, 0.25) is 0 Å². The molecular weight excluding hydrogens is 126 g/mol. The number of nitrogens with one attached hydrogen (secondary N) is 1. The number of carbonyl (C=O) groups excluding carboxylic acids is 1. The Balaban J connectivity index is 3.77. The Labute approximate surface area is 62.3 Å². The van der Waals surface area contributed by atoms with E-state index in [0.717, 1.165) is 12.2 Å². The lowest BCUT2D eigenvalue weighted by Crippen LogP contribution is -2.10. The Morgan fingerprint density at radius 3 is 2.50 bits per heavy atom. The molecule has 0 heterocycles. The molecule has 10 heavy (non-hydrogen) atoms. The van der Waals surface area contributed by atoms with Crippen LogP contribution in [0.1, 0.15) is 27.2 Å². The van der Waals surface area contributed by atoms with Gasteiger partial charge in [-0.3, -0.25) is 4.79 Å². The number of hydrogen-bond donors (Lipinski definition) is 1. The number of rotatable bonds is 4. The van der Waals surface area contributed by atoms with Gasteiger partial charge in [0.15, 0.2) is 5.78 Å². The Hall–Kier alpha value is -0.790. The maximum absolute atomic E-state index is 10.8. The molecule has 1 N–H and O–H groups in total. The summed E-state index contributed by atoms with van der Waals surface area (Å²) in [6.45, 7) is 6.64. The molecule has 0 aliphatic carbocycles. The minimum Gasteiger partial charge on any atom is -0.389 e. The van der Waals surface area contributed by atoms with Crippen LogP contribution in [0.5, 0.6) is 0 Å². The van der Waals surface area contributed by atoms with E-state index in [2.05, 4.69) is 5.32 Å². The molecule has 0 saturated carbocycles. The van der Waals surface area contributed by atoms with Gasteiger partial charge in [-0.15, -0.1) is 0 Å². The third-order valence-corrected chi connectivity index (χ3v) is 1.18. The molecule has 0 amide bonds. The van der Waals surface area contributed by atoms with Crippen molar-refractivity contribution < 1.29 is 4.79 Å². The van der Waals surface area contributed by atoms with Crippen LogP contribution in [-0.4, -0.2) is 12.3 Å². The number of carbonyl (C=O) groups is 1. The van der Waals surface area contributed by atoms with Gasteiger partial charge in [-0.1, -0.05) is 6.92 Å². The Morgan fingerprint density at radius 2 is 2.10 bits per heavy atom. The summed E-state index contributed by atoms with van der Waals surface area (Å²) in [5.41, 5.74) is 0.953. The van der Waals surface area contributed by atoms with E-state index in [1.807, 2.05) is 20.8 Å². The standard InChI is InChI=1S/C8H15NO/c1-4-8(10)6-7(3)9-5-2/h6,9H,4-5H2,1-3H3/b7-6-. The topological polar surface area (TPSA) is 29.1 Å². The lowest BCUT2D eigenvalue weighted by Gasteiger charge is -1.99. The fourth-order valence-corrected chi connectivity index (χ4v) is 0.673. The zero-order valence-electron chi connectivity index (χ0n) is 6.90. The van der Waals surface area contributed by atoms with Crippen LogP contribution in [-0.2, 0) is 4.79 Å². The number of hydrogen-bond acceptors (Lipinski definition) is 2. The minimum atomic E-state index is 0.179. The van der Waals surface area contributed by atoms with E-state index in [1.165, 1.54) is 0 Å². The van der Waals surface area contributed by atoms with Gasteiger partial charge in [0, 0.05) is 18.7 Å². The maximum Gasteiger partial charge on any atom is 0.157 e. The second-order valence-corrected chi connectivity index (χ2v) is 2.18. The third-order valence-electron chi connectivity index (χ3n) is 1.18. The molecule has 0 atom stereocenters. The van der Waals surface area contributed by atoms with Crippen molar-refractivity contribution in [3.63, 3.8) is 0 Å². The lowest BCUT2D eigenvalue weighted by atomic mass is 10.2. The van der Waals surface area contributed by atoms with Crippen molar-refractivity contribution in [1.82, 2.24) is 5.32 Å². The highest BCUT2D eigenvalue weighted by atomic mass is 16.1. The smallest absolute Gasteiger partial charge is 0.157 e. The first kappa shape index (κ1) is 9.21. The fourth-order valence-electron chi connectivity index (χ4n) is 0.673. The van der Waals surface area contributed by atoms with Crippen molar-refractivity contribution in [1.29, 1.82) is 0 Å². The number of ketones is 1. The van der Waals surface area contributed by atoms with Crippen molar-refractivity contribution in [3.8, 4) is 0 Å². The van der Waals surface area contributed by atoms with Crippen molar-refractivity contribution in [2.45, 2.75) is 27.2 Å². The summed E-state index contributed by atoms with van der Waals surface area (Å²) >= 11 is 0. The predicted molar refractivity (Wildman–Crippen MR) is 42.7 cm³/mol. The molecule has 0 aromatic carbocycles. The van der Waals surface area contributed by atoms with Crippen LogP contribution in [0.25, 0.3) is 0 Å². The van der Waals surface area contributed by atoms with E-state index in [1.54, 1.807) is 6.08 Å². The molecule has 0 aromatic heterocycles. The Morgan fingerprint density at radius 1 is 1.50 bits per heavy atom. The molecule has 0 aromatic rings. The highest BCUT2D eigenvalue weighted by Gasteiger charge is 1.91. The van der Waals surface area contributed by atoms with Gasteiger partial charge in [0.25, 0.3) is 0 Å². The summed E-state index contributed by atoms with van der Waals surface area (Å²) in [6, 6.07) is 0. The van der Waals surface area contributed by atoms with Crippen molar-refractivity contribution >= 4 is 5.78 Å². The Kier molecular flexibility index (Phi) is 4.63. The zero-order chi connectivity index (χ0) is 7.98. The van der Waals surface area contributed by atoms with E-state index < -0.39 is 0 Å². The molecule has 58 valence electrons. The van der Waals surface area contributed by atoms with Gasteiger partial charge in [-0.05, 0) is 19.9 Å². The molecule has 0 aliphatic heterocycles. The summed E-state index contributed by atoms with van der Waals surface area (Å²) in [6.07, 6.45) is 2.23. The first-order chi connectivity index (χ1) is 4.70. The van der Waals surface area contributed by atoms with E-state index >= 15 is 0 Å². The fraction of sp³-hybridized carbons (Fsp3) is 0.625. The predicted octanol–water partition coefficient (Wildman–Crippen LogP) is 1.48. The van der Waals surface area contributed by atoms with E-state index in [-0.39, 0.29) is 5.78 Å². The summed E-state index contributed by atoms with van der Waals surface area (Å²) in [5, 5.41) is 3.05. The van der Waals surface area contributed by atoms with Crippen molar-refractivity contribution in [2.75, 3.05) is 6.54 Å². The summed E-state index contributed by atoms with van der Waals surface area (Å²) in [7, 11) is 0. The minimum absolute atomic E-state index is 0.179. The molecular formula is C8H15NO. The molecule has 0 fully saturated rings. The van der Waals surface area contributed by atoms with Crippen LogP contribution in [0.3, 0.4) is 0 Å². The first-order valence-electron chi connectivity index (χ1n) is 3.65. The van der Waals surface area contributed by atoms with Gasteiger partial charge >= 0.3 is 0 Å².